The third kappa shape index (κ3) is 1.89. The number of hydrogen-bond acceptors (Lipinski definition) is 2. The SMILES string of the molecule is B[C@@H](N)Cc1c[nH]cn1. The van der Waals surface area contributed by atoms with E-state index in [0.29, 0.717) is 0 Å². The first-order valence-electron chi connectivity index (χ1n) is 3.02. The molecule has 48 valence electrons. The summed E-state index contributed by atoms with van der Waals surface area (Å²) in [6, 6.07) is 0. The van der Waals surface area contributed by atoms with Gasteiger partial charge in [-0.3, -0.25) is 0 Å². The molecule has 0 aliphatic heterocycles. The summed E-state index contributed by atoms with van der Waals surface area (Å²) in [7, 11) is 1.97. The maximum atomic E-state index is 5.53. The minimum atomic E-state index is 0.202. The number of aromatic nitrogens is 2. The Labute approximate surface area is 55.1 Å². The zero-order valence-corrected chi connectivity index (χ0v) is 5.46. The molecule has 0 radical (unpaired) electrons. The fraction of sp³-hybridized carbons (Fsp3) is 0.400. The zero-order chi connectivity index (χ0) is 6.69. The molecule has 1 rings (SSSR count). The van der Waals surface area contributed by atoms with Crippen LogP contribution in [0.1, 0.15) is 5.69 Å². The Balaban J connectivity index is 2.48. The molecule has 9 heavy (non-hydrogen) atoms. The van der Waals surface area contributed by atoms with E-state index in [1.54, 1.807) is 6.33 Å². The average molecular weight is 123 g/mol. The highest BCUT2D eigenvalue weighted by Gasteiger charge is 1.97. The maximum Gasteiger partial charge on any atom is 0.123 e. The van der Waals surface area contributed by atoms with Gasteiger partial charge in [-0.25, -0.2) is 4.98 Å². The van der Waals surface area contributed by atoms with Gasteiger partial charge in [0.1, 0.15) is 7.85 Å². The van der Waals surface area contributed by atoms with Crippen LogP contribution in [0.15, 0.2) is 12.5 Å². The summed E-state index contributed by atoms with van der Waals surface area (Å²) in [5.74, 6) is 0.202. The van der Waals surface area contributed by atoms with Crippen LogP contribution in [0.4, 0.5) is 0 Å². The molecule has 0 bridgehead atoms. The van der Waals surface area contributed by atoms with E-state index in [1.807, 2.05) is 14.0 Å². The second kappa shape index (κ2) is 2.68. The Hall–Kier alpha value is -0.765. The van der Waals surface area contributed by atoms with Crippen LogP contribution in [0, 0.1) is 0 Å². The molecule has 0 aromatic carbocycles. The van der Waals surface area contributed by atoms with Crippen molar-refractivity contribution in [3.05, 3.63) is 18.2 Å². The van der Waals surface area contributed by atoms with E-state index in [-0.39, 0.29) is 5.94 Å². The lowest BCUT2D eigenvalue weighted by Crippen LogP contribution is -2.22. The van der Waals surface area contributed by atoms with Crippen molar-refractivity contribution in [3.63, 3.8) is 0 Å². The summed E-state index contributed by atoms with van der Waals surface area (Å²) >= 11 is 0. The van der Waals surface area contributed by atoms with Crippen LogP contribution in [-0.2, 0) is 6.42 Å². The van der Waals surface area contributed by atoms with Gasteiger partial charge in [-0.2, -0.15) is 0 Å². The second-order valence-electron chi connectivity index (χ2n) is 2.24. The molecule has 0 spiro atoms. The molecule has 4 heteroatoms. The highest BCUT2D eigenvalue weighted by atomic mass is 14.9. The van der Waals surface area contributed by atoms with Crippen molar-refractivity contribution in [2.45, 2.75) is 12.4 Å². The Morgan fingerprint density at radius 1 is 1.89 bits per heavy atom. The summed E-state index contributed by atoms with van der Waals surface area (Å²) in [6.07, 6.45) is 4.38. The van der Waals surface area contributed by atoms with Gasteiger partial charge in [0.05, 0.1) is 12.0 Å². The van der Waals surface area contributed by atoms with E-state index in [9.17, 15) is 0 Å². The smallest absolute Gasteiger partial charge is 0.123 e. The van der Waals surface area contributed by atoms with Gasteiger partial charge in [-0.1, -0.05) is 0 Å². The summed E-state index contributed by atoms with van der Waals surface area (Å²) in [6.45, 7) is 0. The van der Waals surface area contributed by atoms with Crippen molar-refractivity contribution < 1.29 is 0 Å². The van der Waals surface area contributed by atoms with Crippen molar-refractivity contribution in [2.75, 3.05) is 0 Å². The molecule has 1 heterocycles. The van der Waals surface area contributed by atoms with E-state index in [4.69, 9.17) is 5.73 Å². The van der Waals surface area contributed by atoms with Gasteiger partial charge in [0.15, 0.2) is 0 Å². The summed E-state index contributed by atoms with van der Waals surface area (Å²) in [5.41, 5.74) is 6.56. The van der Waals surface area contributed by atoms with E-state index < -0.39 is 0 Å². The molecule has 1 aromatic rings. The van der Waals surface area contributed by atoms with E-state index in [0.717, 1.165) is 12.1 Å². The number of imidazole rings is 1. The van der Waals surface area contributed by atoms with Gasteiger partial charge in [0.25, 0.3) is 0 Å². The Morgan fingerprint density at radius 2 is 2.67 bits per heavy atom. The van der Waals surface area contributed by atoms with Gasteiger partial charge in [0, 0.05) is 6.20 Å². The van der Waals surface area contributed by atoms with Crippen molar-refractivity contribution >= 4 is 7.85 Å². The van der Waals surface area contributed by atoms with Crippen LogP contribution in [0.3, 0.4) is 0 Å². The Bertz CT molecular complexity index is 159. The highest BCUT2D eigenvalue weighted by Crippen LogP contribution is 1.92. The summed E-state index contributed by atoms with van der Waals surface area (Å²) in [4.78, 5) is 6.89. The maximum absolute atomic E-state index is 5.53. The molecular weight excluding hydrogens is 113 g/mol. The molecule has 0 unspecified atom stereocenters. The quantitative estimate of drug-likeness (QED) is 0.489. The van der Waals surface area contributed by atoms with Crippen LogP contribution in [0.5, 0.6) is 0 Å². The number of nitrogens with two attached hydrogens (primary N) is 1. The number of nitrogens with one attached hydrogen (secondary N) is 1. The number of nitrogens with zero attached hydrogens (tertiary/aromatic N) is 1. The predicted octanol–water partition coefficient (Wildman–Crippen LogP) is -1.13. The molecule has 3 N–H and O–H groups in total. The Kier molecular flexibility index (Phi) is 1.90. The molecule has 0 saturated heterocycles. The number of rotatable bonds is 2. The molecule has 0 amide bonds. The molecule has 0 aliphatic rings. The monoisotopic (exact) mass is 123 g/mol. The van der Waals surface area contributed by atoms with Gasteiger partial charge in [-0.15, -0.1) is 0 Å². The number of aromatic amines is 1. The minimum absolute atomic E-state index is 0.202. The van der Waals surface area contributed by atoms with Gasteiger partial charge in [-0.05, 0) is 12.4 Å². The lowest BCUT2D eigenvalue weighted by atomic mass is 9.93. The van der Waals surface area contributed by atoms with Crippen LogP contribution < -0.4 is 5.73 Å². The fourth-order valence-electron chi connectivity index (χ4n) is 0.732. The third-order valence-corrected chi connectivity index (χ3v) is 1.09. The van der Waals surface area contributed by atoms with Crippen molar-refractivity contribution in [1.29, 1.82) is 0 Å². The largest absolute Gasteiger partial charge is 0.351 e. The van der Waals surface area contributed by atoms with Gasteiger partial charge in [0.2, 0.25) is 0 Å². The molecule has 1 atom stereocenters. The standard InChI is InChI=1S/C5H10BN3/c6-5(7)1-4-2-8-3-9-4/h2-3,5H,1,6-7H2,(H,8,9)/t5-/m0/s1. The first-order valence-corrected chi connectivity index (χ1v) is 3.02. The lowest BCUT2D eigenvalue weighted by molar-refractivity contribution is 0.864. The van der Waals surface area contributed by atoms with Crippen molar-refractivity contribution in [3.8, 4) is 0 Å². The van der Waals surface area contributed by atoms with Crippen molar-refractivity contribution in [2.24, 2.45) is 5.73 Å². The van der Waals surface area contributed by atoms with Gasteiger partial charge >= 0.3 is 0 Å². The number of hydrogen-bond donors (Lipinski definition) is 2. The molecule has 0 saturated carbocycles. The summed E-state index contributed by atoms with van der Waals surface area (Å²) in [5, 5.41) is 0. The van der Waals surface area contributed by atoms with Crippen LogP contribution >= 0.6 is 0 Å². The van der Waals surface area contributed by atoms with E-state index in [2.05, 4.69) is 9.97 Å². The predicted molar refractivity (Wildman–Crippen MR) is 38.8 cm³/mol. The third-order valence-electron chi connectivity index (χ3n) is 1.09. The normalized spacial score (nSPS) is 13.4. The fourth-order valence-corrected chi connectivity index (χ4v) is 0.732. The topological polar surface area (TPSA) is 54.7 Å². The Morgan fingerprint density at radius 3 is 3.11 bits per heavy atom. The molecule has 0 fully saturated rings. The minimum Gasteiger partial charge on any atom is -0.351 e. The number of H-pyrrole nitrogens is 1. The lowest BCUT2D eigenvalue weighted by Gasteiger charge is -1.98. The molecule has 3 nitrogen and oxygen atoms in total. The molecule has 0 aliphatic carbocycles. The first kappa shape index (κ1) is 6.36. The van der Waals surface area contributed by atoms with Crippen LogP contribution in [-0.4, -0.2) is 23.8 Å². The van der Waals surface area contributed by atoms with E-state index in [1.165, 1.54) is 0 Å². The second-order valence-corrected chi connectivity index (χ2v) is 2.24. The van der Waals surface area contributed by atoms with Crippen molar-refractivity contribution in [1.82, 2.24) is 9.97 Å². The molecule has 1 aromatic heterocycles. The van der Waals surface area contributed by atoms with Crippen LogP contribution in [0.2, 0.25) is 0 Å². The highest BCUT2D eigenvalue weighted by molar-refractivity contribution is 6.11. The first-order chi connectivity index (χ1) is 4.29. The van der Waals surface area contributed by atoms with Crippen LogP contribution in [0.25, 0.3) is 0 Å². The summed E-state index contributed by atoms with van der Waals surface area (Å²) < 4.78 is 0. The molecular formula is C5H10BN3. The zero-order valence-electron chi connectivity index (χ0n) is 5.46. The van der Waals surface area contributed by atoms with E-state index >= 15 is 0 Å². The average Bonchev–Trinajstić information content (AvgIpc) is 2.15. The van der Waals surface area contributed by atoms with Gasteiger partial charge < -0.3 is 10.7 Å².